The Kier molecular flexibility index (Phi) is 3.78. The Morgan fingerprint density at radius 2 is 1.76 bits per heavy atom. The summed E-state index contributed by atoms with van der Waals surface area (Å²) in [5, 5.41) is 18.6. The average molecular weight is 293 g/mol. The van der Waals surface area contributed by atoms with Gasteiger partial charge in [0.05, 0.1) is 17.1 Å². The number of aromatic hydroxyl groups is 1. The van der Waals surface area contributed by atoms with Crippen LogP contribution in [0.2, 0.25) is 0 Å². The van der Waals surface area contributed by atoms with Gasteiger partial charge in [-0.3, -0.25) is 0 Å². The maximum absolute atomic E-state index is 11.1. The van der Waals surface area contributed by atoms with Crippen molar-refractivity contribution in [1.29, 1.82) is 0 Å². The first-order chi connectivity index (χ1) is 9.55. The van der Waals surface area contributed by atoms with Crippen LogP contribution in [0, 0.1) is 0 Å². The number of phenols is 1. The first-order valence-electron chi connectivity index (χ1n) is 6.72. The Labute approximate surface area is 124 Å². The SMILES string of the molecule is CC1(C)OB([C@@H](N)c2ccc(O)c(C(=O)O)c2)OC1(C)C. The number of hydrogen-bond donors (Lipinski definition) is 3. The van der Waals surface area contributed by atoms with Gasteiger partial charge in [-0.15, -0.1) is 0 Å². The first-order valence-corrected chi connectivity index (χ1v) is 6.72. The number of nitrogens with two attached hydrogens (primary N) is 1. The fourth-order valence-corrected chi connectivity index (χ4v) is 2.12. The molecule has 6 nitrogen and oxygen atoms in total. The van der Waals surface area contributed by atoms with Crippen LogP contribution in [0.1, 0.15) is 49.6 Å². The molecule has 2 rings (SSSR count). The van der Waals surface area contributed by atoms with E-state index in [9.17, 15) is 9.90 Å². The maximum atomic E-state index is 11.1. The zero-order valence-electron chi connectivity index (χ0n) is 12.6. The second kappa shape index (κ2) is 5.01. The van der Waals surface area contributed by atoms with Crippen LogP contribution in [-0.2, 0) is 9.31 Å². The van der Waals surface area contributed by atoms with Crippen LogP contribution >= 0.6 is 0 Å². The molecule has 0 amide bonds. The highest BCUT2D eigenvalue weighted by atomic mass is 16.7. The van der Waals surface area contributed by atoms with E-state index in [4.69, 9.17) is 20.1 Å². The number of carboxylic acids is 1. The molecule has 1 aliphatic rings. The molecule has 0 bridgehead atoms. The average Bonchev–Trinajstić information content (AvgIpc) is 2.58. The van der Waals surface area contributed by atoms with Crippen LogP contribution in [0.5, 0.6) is 5.75 Å². The van der Waals surface area contributed by atoms with Gasteiger partial charge in [-0.1, -0.05) is 6.07 Å². The summed E-state index contributed by atoms with van der Waals surface area (Å²) >= 11 is 0. The Morgan fingerprint density at radius 3 is 2.24 bits per heavy atom. The highest BCUT2D eigenvalue weighted by molar-refractivity contribution is 6.47. The zero-order valence-corrected chi connectivity index (χ0v) is 12.6. The molecular formula is C14H20BNO5. The van der Waals surface area contributed by atoms with Crippen molar-refractivity contribution in [3.63, 3.8) is 0 Å². The third kappa shape index (κ3) is 2.77. The lowest BCUT2D eigenvalue weighted by Gasteiger charge is -2.32. The Hall–Kier alpha value is -1.57. The molecule has 0 aromatic heterocycles. The molecule has 0 spiro atoms. The van der Waals surface area contributed by atoms with Crippen molar-refractivity contribution in [3.8, 4) is 5.75 Å². The molecule has 1 aliphatic heterocycles. The predicted molar refractivity (Wildman–Crippen MR) is 78.1 cm³/mol. The smallest absolute Gasteiger partial charge is 0.480 e. The van der Waals surface area contributed by atoms with Crippen LogP contribution in [0.25, 0.3) is 0 Å². The van der Waals surface area contributed by atoms with E-state index in [-0.39, 0.29) is 11.3 Å². The number of benzene rings is 1. The lowest BCUT2D eigenvalue weighted by atomic mass is 9.74. The van der Waals surface area contributed by atoms with Crippen molar-refractivity contribution in [2.45, 2.75) is 44.8 Å². The van der Waals surface area contributed by atoms with Crippen LogP contribution in [0.4, 0.5) is 0 Å². The summed E-state index contributed by atoms with van der Waals surface area (Å²) in [4.78, 5) is 11.1. The Balaban J connectivity index is 2.28. The molecule has 1 heterocycles. The van der Waals surface area contributed by atoms with Gasteiger partial charge in [-0.25, -0.2) is 4.79 Å². The van der Waals surface area contributed by atoms with E-state index in [0.29, 0.717) is 5.56 Å². The molecule has 1 aromatic rings. The van der Waals surface area contributed by atoms with Crippen LogP contribution < -0.4 is 5.73 Å². The van der Waals surface area contributed by atoms with Gasteiger partial charge in [0.2, 0.25) is 0 Å². The number of rotatable bonds is 3. The lowest BCUT2D eigenvalue weighted by Crippen LogP contribution is -2.41. The standard InChI is InChI=1S/C14H20BNO5/c1-13(2)14(3,4)21-15(20-13)11(16)8-5-6-10(17)9(7-8)12(18)19/h5-7,11,17H,16H2,1-4H3,(H,18,19)/t11-/m0/s1. The quantitative estimate of drug-likeness (QED) is 0.733. The third-order valence-electron chi connectivity index (χ3n) is 4.20. The zero-order chi connectivity index (χ0) is 16.0. The molecule has 114 valence electrons. The molecule has 1 fully saturated rings. The van der Waals surface area contributed by atoms with Gasteiger partial charge in [-0.05, 0) is 45.4 Å². The highest BCUT2D eigenvalue weighted by Crippen LogP contribution is 2.39. The van der Waals surface area contributed by atoms with Gasteiger partial charge < -0.3 is 25.3 Å². The summed E-state index contributed by atoms with van der Waals surface area (Å²) in [7, 11) is -0.679. The van der Waals surface area contributed by atoms with Gasteiger partial charge in [0.15, 0.2) is 0 Å². The van der Waals surface area contributed by atoms with Gasteiger partial charge >= 0.3 is 13.1 Å². The molecule has 4 N–H and O–H groups in total. The van der Waals surface area contributed by atoms with Crippen LogP contribution in [-0.4, -0.2) is 34.5 Å². The van der Waals surface area contributed by atoms with E-state index >= 15 is 0 Å². The highest BCUT2D eigenvalue weighted by Gasteiger charge is 2.53. The number of aromatic carboxylic acids is 1. The molecule has 0 saturated carbocycles. The van der Waals surface area contributed by atoms with Gasteiger partial charge in [0, 0.05) is 0 Å². The number of carboxylic acid groups (broad SMARTS) is 1. The normalized spacial score (nSPS) is 21.3. The maximum Gasteiger partial charge on any atom is 0.480 e. The van der Waals surface area contributed by atoms with E-state index in [0.717, 1.165) is 0 Å². The minimum absolute atomic E-state index is 0.195. The van der Waals surface area contributed by atoms with Gasteiger partial charge in [0.25, 0.3) is 0 Å². The van der Waals surface area contributed by atoms with Crippen molar-refractivity contribution in [3.05, 3.63) is 29.3 Å². The van der Waals surface area contributed by atoms with E-state index in [1.54, 1.807) is 6.07 Å². The van der Waals surface area contributed by atoms with Crippen molar-refractivity contribution in [1.82, 2.24) is 0 Å². The number of hydrogen-bond acceptors (Lipinski definition) is 5. The summed E-state index contributed by atoms with van der Waals surface area (Å²) < 4.78 is 11.7. The number of carbonyl (C=O) groups is 1. The fraction of sp³-hybridized carbons (Fsp3) is 0.500. The minimum atomic E-state index is -1.21. The topological polar surface area (TPSA) is 102 Å². The van der Waals surface area contributed by atoms with E-state index < -0.39 is 30.2 Å². The summed E-state index contributed by atoms with van der Waals surface area (Å²) in [5.74, 6) is -2.16. The molecular weight excluding hydrogens is 273 g/mol. The molecule has 1 saturated heterocycles. The molecule has 0 aliphatic carbocycles. The summed E-state index contributed by atoms with van der Waals surface area (Å²) in [5.41, 5.74) is 5.45. The first kappa shape index (κ1) is 15.8. The second-order valence-corrected chi connectivity index (χ2v) is 6.23. The molecule has 0 radical (unpaired) electrons. The molecule has 0 unspecified atom stereocenters. The molecule has 7 heteroatoms. The lowest BCUT2D eigenvalue weighted by molar-refractivity contribution is 0.00578. The summed E-state index contributed by atoms with van der Waals surface area (Å²) in [6.45, 7) is 7.66. The fourth-order valence-electron chi connectivity index (χ4n) is 2.12. The van der Waals surface area contributed by atoms with Crippen molar-refractivity contribution in [2.75, 3.05) is 0 Å². The predicted octanol–water partition coefficient (Wildman–Crippen LogP) is 1.72. The van der Waals surface area contributed by atoms with Crippen molar-refractivity contribution in [2.24, 2.45) is 5.73 Å². The van der Waals surface area contributed by atoms with E-state index in [2.05, 4.69) is 0 Å². The van der Waals surface area contributed by atoms with E-state index in [1.165, 1.54) is 12.1 Å². The Morgan fingerprint density at radius 1 is 1.24 bits per heavy atom. The van der Waals surface area contributed by atoms with Crippen LogP contribution in [0.3, 0.4) is 0 Å². The van der Waals surface area contributed by atoms with E-state index in [1.807, 2.05) is 27.7 Å². The third-order valence-corrected chi connectivity index (χ3v) is 4.20. The van der Waals surface area contributed by atoms with Gasteiger partial charge in [0.1, 0.15) is 11.3 Å². The van der Waals surface area contributed by atoms with Crippen molar-refractivity contribution >= 4 is 13.1 Å². The molecule has 21 heavy (non-hydrogen) atoms. The monoisotopic (exact) mass is 293 g/mol. The van der Waals surface area contributed by atoms with Crippen molar-refractivity contribution < 1.29 is 24.3 Å². The minimum Gasteiger partial charge on any atom is -0.507 e. The molecule has 1 atom stereocenters. The Bertz CT molecular complexity index is 556. The second-order valence-electron chi connectivity index (χ2n) is 6.23. The summed E-state index contributed by atoms with van der Waals surface area (Å²) in [6, 6.07) is 4.22. The summed E-state index contributed by atoms with van der Waals surface area (Å²) in [6.07, 6.45) is 0. The largest absolute Gasteiger partial charge is 0.507 e. The molecule has 1 aromatic carbocycles. The van der Waals surface area contributed by atoms with Gasteiger partial charge in [-0.2, -0.15) is 0 Å². The van der Waals surface area contributed by atoms with Crippen LogP contribution in [0.15, 0.2) is 18.2 Å².